The quantitative estimate of drug-likeness (QED) is 0.760. The fourth-order valence-corrected chi connectivity index (χ4v) is 2.57. The SMILES string of the molecule is CC(C)(C)c1ccc(C(=O)NCc2cncc(-c3ccco3)c2)cc1. The predicted molar refractivity (Wildman–Crippen MR) is 98.3 cm³/mol. The van der Waals surface area contributed by atoms with Crippen molar-refractivity contribution in [3.63, 3.8) is 0 Å². The van der Waals surface area contributed by atoms with Gasteiger partial charge in [0, 0.05) is 30.1 Å². The monoisotopic (exact) mass is 334 g/mol. The van der Waals surface area contributed by atoms with Gasteiger partial charge < -0.3 is 9.73 Å². The summed E-state index contributed by atoms with van der Waals surface area (Å²) in [6.45, 7) is 6.88. The summed E-state index contributed by atoms with van der Waals surface area (Å²) in [5.74, 6) is 0.669. The van der Waals surface area contributed by atoms with E-state index in [1.165, 1.54) is 5.56 Å². The first-order valence-corrected chi connectivity index (χ1v) is 8.30. The van der Waals surface area contributed by atoms with Crippen LogP contribution < -0.4 is 5.32 Å². The summed E-state index contributed by atoms with van der Waals surface area (Å²) in [7, 11) is 0. The second kappa shape index (κ2) is 6.93. The molecule has 0 spiro atoms. The standard InChI is InChI=1S/C21H22N2O2/c1-21(2,3)18-8-6-16(7-9-18)20(24)23-13-15-11-17(14-22-12-15)19-5-4-10-25-19/h4-12,14H,13H2,1-3H3,(H,23,24). The molecule has 0 atom stereocenters. The molecule has 0 bridgehead atoms. The number of rotatable bonds is 4. The molecule has 0 aliphatic heterocycles. The lowest BCUT2D eigenvalue weighted by Crippen LogP contribution is -2.23. The third-order valence-electron chi connectivity index (χ3n) is 4.07. The summed E-state index contributed by atoms with van der Waals surface area (Å²) < 4.78 is 5.38. The average Bonchev–Trinajstić information content (AvgIpc) is 3.14. The number of hydrogen-bond donors (Lipinski definition) is 1. The lowest BCUT2D eigenvalue weighted by Gasteiger charge is -2.19. The number of carbonyl (C=O) groups excluding carboxylic acids is 1. The van der Waals surface area contributed by atoms with Crippen LogP contribution in [0.25, 0.3) is 11.3 Å². The van der Waals surface area contributed by atoms with Gasteiger partial charge in [0.1, 0.15) is 5.76 Å². The molecule has 1 aromatic carbocycles. The highest BCUT2D eigenvalue weighted by Crippen LogP contribution is 2.22. The summed E-state index contributed by atoms with van der Waals surface area (Å²) in [6, 6.07) is 13.4. The maximum atomic E-state index is 12.3. The van der Waals surface area contributed by atoms with Crippen molar-refractivity contribution in [2.24, 2.45) is 0 Å². The first kappa shape index (κ1) is 17.0. The number of amides is 1. The minimum atomic E-state index is -0.0936. The van der Waals surface area contributed by atoms with Gasteiger partial charge in [0.05, 0.1) is 6.26 Å². The van der Waals surface area contributed by atoms with Crippen molar-refractivity contribution in [1.82, 2.24) is 10.3 Å². The Balaban J connectivity index is 1.65. The van der Waals surface area contributed by atoms with Crippen LogP contribution in [0.5, 0.6) is 0 Å². The van der Waals surface area contributed by atoms with E-state index in [4.69, 9.17) is 4.42 Å². The number of carbonyl (C=O) groups is 1. The first-order valence-electron chi connectivity index (χ1n) is 8.30. The zero-order chi connectivity index (χ0) is 17.9. The Bertz CT molecular complexity index is 844. The Morgan fingerprint density at radius 3 is 2.52 bits per heavy atom. The molecule has 0 fully saturated rings. The highest BCUT2D eigenvalue weighted by atomic mass is 16.3. The van der Waals surface area contributed by atoms with Crippen molar-refractivity contribution >= 4 is 5.91 Å². The van der Waals surface area contributed by atoms with Gasteiger partial charge in [0.2, 0.25) is 0 Å². The van der Waals surface area contributed by atoms with Crippen LogP contribution in [0.1, 0.15) is 42.3 Å². The Morgan fingerprint density at radius 1 is 1.12 bits per heavy atom. The summed E-state index contributed by atoms with van der Waals surface area (Å²) in [6.07, 6.45) is 5.12. The lowest BCUT2D eigenvalue weighted by atomic mass is 9.87. The smallest absolute Gasteiger partial charge is 0.251 e. The van der Waals surface area contributed by atoms with E-state index >= 15 is 0 Å². The van der Waals surface area contributed by atoms with Gasteiger partial charge in [0.25, 0.3) is 5.91 Å². The molecular formula is C21H22N2O2. The van der Waals surface area contributed by atoms with E-state index < -0.39 is 0 Å². The van der Waals surface area contributed by atoms with E-state index in [-0.39, 0.29) is 11.3 Å². The molecule has 3 aromatic rings. The van der Waals surface area contributed by atoms with E-state index in [1.807, 2.05) is 42.5 Å². The van der Waals surface area contributed by atoms with Crippen molar-refractivity contribution < 1.29 is 9.21 Å². The van der Waals surface area contributed by atoms with E-state index in [1.54, 1.807) is 18.7 Å². The Labute approximate surface area is 147 Å². The molecule has 0 saturated carbocycles. The number of pyridine rings is 1. The summed E-state index contributed by atoms with van der Waals surface area (Å²) in [5, 5.41) is 2.94. The second-order valence-electron chi connectivity index (χ2n) is 7.07. The van der Waals surface area contributed by atoms with Gasteiger partial charge in [-0.2, -0.15) is 0 Å². The van der Waals surface area contributed by atoms with Gasteiger partial charge in [-0.05, 0) is 46.9 Å². The molecule has 4 heteroatoms. The van der Waals surface area contributed by atoms with Gasteiger partial charge in [-0.15, -0.1) is 0 Å². The van der Waals surface area contributed by atoms with Gasteiger partial charge in [-0.3, -0.25) is 9.78 Å². The van der Waals surface area contributed by atoms with E-state index in [0.717, 1.165) is 16.9 Å². The second-order valence-corrected chi connectivity index (χ2v) is 7.07. The number of hydrogen-bond acceptors (Lipinski definition) is 3. The third kappa shape index (κ3) is 4.15. The van der Waals surface area contributed by atoms with E-state index in [0.29, 0.717) is 12.1 Å². The normalized spacial score (nSPS) is 11.3. The number of benzene rings is 1. The molecule has 0 aliphatic carbocycles. The molecule has 0 aliphatic rings. The zero-order valence-electron chi connectivity index (χ0n) is 14.7. The molecule has 0 saturated heterocycles. The fraction of sp³-hybridized carbons (Fsp3) is 0.238. The number of nitrogens with zero attached hydrogens (tertiary/aromatic N) is 1. The third-order valence-corrected chi connectivity index (χ3v) is 4.07. The molecule has 0 unspecified atom stereocenters. The van der Waals surface area contributed by atoms with Crippen LogP contribution in [-0.2, 0) is 12.0 Å². The predicted octanol–water partition coefficient (Wildman–Crippen LogP) is 4.57. The summed E-state index contributed by atoms with van der Waals surface area (Å²) in [4.78, 5) is 16.6. The molecule has 2 aromatic heterocycles. The Hall–Kier alpha value is -2.88. The minimum Gasteiger partial charge on any atom is -0.464 e. The van der Waals surface area contributed by atoms with Gasteiger partial charge >= 0.3 is 0 Å². The van der Waals surface area contributed by atoms with Gasteiger partial charge in [0.15, 0.2) is 0 Å². The Morgan fingerprint density at radius 2 is 1.88 bits per heavy atom. The van der Waals surface area contributed by atoms with Crippen molar-refractivity contribution in [3.8, 4) is 11.3 Å². The fourth-order valence-electron chi connectivity index (χ4n) is 2.57. The lowest BCUT2D eigenvalue weighted by molar-refractivity contribution is 0.0951. The minimum absolute atomic E-state index is 0.0764. The summed E-state index contributed by atoms with van der Waals surface area (Å²) >= 11 is 0. The maximum absolute atomic E-state index is 12.3. The summed E-state index contributed by atoms with van der Waals surface area (Å²) in [5.41, 5.74) is 3.76. The Kier molecular flexibility index (Phi) is 4.70. The first-order chi connectivity index (χ1) is 11.9. The molecule has 128 valence electrons. The van der Waals surface area contributed by atoms with Crippen molar-refractivity contribution in [1.29, 1.82) is 0 Å². The highest BCUT2D eigenvalue weighted by Gasteiger charge is 2.14. The molecule has 25 heavy (non-hydrogen) atoms. The molecule has 0 radical (unpaired) electrons. The zero-order valence-corrected chi connectivity index (χ0v) is 14.7. The van der Waals surface area contributed by atoms with Crippen LogP contribution in [0, 0.1) is 0 Å². The largest absolute Gasteiger partial charge is 0.464 e. The van der Waals surface area contributed by atoms with Crippen LogP contribution >= 0.6 is 0 Å². The van der Waals surface area contributed by atoms with E-state index in [9.17, 15) is 4.79 Å². The van der Waals surface area contributed by atoms with Crippen molar-refractivity contribution in [3.05, 3.63) is 77.8 Å². The number of aromatic nitrogens is 1. The molecular weight excluding hydrogens is 312 g/mol. The van der Waals surface area contributed by atoms with Crippen LogP contribution in [-0.4, -0.2) is 10.9 Å². The van der Waals surface area contributed by atoms with Crippen LogP contribution in [0.15, 0.2) is 65.5 Å². The number of nitrogens with one attached hydrogen (secondary N) is 1. The maximum Gasteiger partial charge on any atom is 0.251 e. The van der Waals surface area contributed by atoms with E-state index in [2.05, 4.69) is 31.1 Å². The van der Waals surface area contributed by atoms with Crippen LogP contribution in [0.3, 0.4) is 0 Å². The molecule has 1 amide bonds. The van der Waals surface area contributed by atoms with Gasteiger partial charge in [-0.25, -0.2) is 0 Å². The molecule has 4 nitrogen and oxygen atoms in total. The average molecular weight is 334 g/mol. The topological polar surface area (TPSA) is 55.1 Å². The highest BCUT2D eigenvalue weighted by molar-refractivity contribution is 5.94. The molecule has 1 N–H and O–H groups in total. The number of furan rings is 1. The van der Waals surface area contributed by atoms with Crippen molar-refractivity contribution in [2.45, 2.75) is 32.7 Å². The van der Waals surface area contributed by atoms with Gasteiger partial charge in [-0.1, -0.05) is 32.9 Å². The molecule has 3 rings (SSSR count). The molecule has 2 heterocycles. The van der Waals surface area contributed by atoms with Crippen LogP contribution in [0.2, 0.25) is 0 Å². The van der Waals surface area contributed by atoms with Crippen molar-refractivity contribution in [2.75, 3.05) is 0 Å². The van der Waals surface area contributed by atoms with Crippen LogP contribution in [0.4, 0.5) is 0 Å².